The monoisotopic (exact) mass is 387 g/mol. The second-order valence-corrected chi connectivity index (χ2v) is 5.80. The van der Waals surface area contributed by atoms with Crippen LogP contribution in [0.3, 0.4) is 0 Å². The van der Waals surface area contributed by atoms with E-state index in [0.717, 1.165) is 6.07 Å². The molecule has 0 aliphatic rings. The Morgan fingerprint density at radius 1 is 1.16 bits per heavy atom. The molecule has 3 N–H and O–H groups in total. The maximum Gasteiger partial charge on any atom is 0.417 e. The molecule has 0 unspecified atom stereocenters. The fourth-order valence-electron chi connectivity index (χ4n) is 2.19. The molecule has 0 amide bonds. The van der Waals surface area contributed by atoms with Gasteiger partial charge in [-0.25, -0.2) is 0 Å². The summed E-state index contributed by atoms with van der Waals surface area (Å²) < 4.78 is 38.3. The highest BCUT2D eigenvalue weighted by Gasteiger charge is 2.33. The van der Waals surface area contributed by atoms with Crippen LogP contribution >= 0.6 is 23.2 Å². The van der Waals surface area contributed by atoms with Crippen molar-refractivity contribution in [3.63, 3.8) is 0 Å². The third-order valence-electron chi connectivity index (χ3n) is 3.30. The quantitative estimate of drug-likeness (QED) is 0.674. The molecule has 0 fully saturated rings. The predicted octanol–water partition coefficient (Wildman–Crippen LogP) is 5.56. The Balaban J connectivity index is 2.30. The van der Waals surface area contributed by atoms with Crippen LogP contribution in [0, 0.1) is 0 Å². The van der Waals surface area contributed by atoms with Crippen LogP contribution in [0.15, 0.2) is 58.7 Å². The van der Waals surface area contributed by atoms with E-state index in [1.54, 1.807) is 31.3 Å². The van der Waals surface area contributed by atoms with E-state index in [4.69, 9.17) is 28.9 Å². The van der Waals surface area contributed by atoms with Crippen molar-refractivity contribution in [1.82, 2.24) is 0 Å². The average Bonchev–Trinajstić information content (AvgIpc) is 2.54. The van der Waals surface area contributed by atoms with Crippen molar-refractivity contribution in [2.45, 2.75) is 6.18 Å². The van der Waals surface area contributed by atoms with Crippen molar-refractivity contribution in [2.24, 2.45) is 10.7 Å². The van der Waals surface area contributed by atoms with Gasteiger partial charge in [-0.15, -0.1) is 0 Å². The zero-order valence-electron chi connectivity index (χ0n) is 13.0. The zero-order chi connectivity index (χ0) is 18.6. The fourth-order valence-corrected chi connectivity index (χ4v) is 2.67. The van der Waals surface area contributed by atoms with Gasteiger partial charge >= 0.3 is 6.18 Å². The van der Waals surface area contributed by atoms with E-state index in [9.17, 15) is 13.2 Å². The Bertz CT molecular complexity index is 830. The largest absolute Gasteiger partial charge is 0.417 e. The number of nitrogens with zero attached hydrogens (tertiary/aromatic N) is 1. The lowest BCUT2D eigenvalue weighted by Gasteiger charge is -2.13. The Labute approximate surface area is 153 Å². The highest BCUT2D eigenvalue weighted by molar-refractivity contribution is 6.46. The maximum atomic E-state index is 12.8. The minimum absolute atomic E-state index is 0.289. The van der Waals surface area contributed by atoms with Gasteiger partial charge < -0.3 is 11.1 Å². The number of nitrogens with two attached hydrogens (primary N) is 1. The van der Waals surface area contributed by atoms with E-state index in [0.29, 0.717) is 22.6 Å². The van der Waals surface area contributed by atoms with Gasteiger partial charge in [0.1, 0.15) is 0 Å². The average molecular weight is 388 g/mol. The third-order valence-corrected chi connectivity index (χ3v) is 3.91. The summed E-state index contributed by atoms with van der Waals surface area (Å²) in [5, 5.41) is 2.91. The molecular formula is C17H14Cl2F3N3. The highest BCUT2D eigenvalue weighted by Crippen LogP contribution is 2.36. The molecule has 25 heavy (non-hydrogen) atoms. The second-order valence-electron chi connectivity index (χ2n) is 4.99. The topological polar surface area (TPSA) is 50.4 Å². The predicted molar refractivity (Wildman–Crippen MR) is 96.8 cm³/mol. The number of rotatable bonds is 4. The van der Waals surface area contributed by atoms with Crippen molar-refractivity contribution in [3.05, 3.63) is 69.8 Å². The summed E-state index contributed by atoms with van der Waals surface area (Å²) in [4.78, 5) is 4.09. The normalized spacial score (nSPS) is 13.0. The fraction of sp³-hybridized carbons (Fsp3) is 0.118. The van der Waals surface area contributed by atoms with Gasteiger partial charge in [-0.05, 0) is 30.3 Å². The third kappa shape index (κ3) is 4.67. The summed E-state index contributed by atoms with van der Waals surface area (Å²) in [5.41, 5.74) is 6.80. The van der Waals surface area contributed by atoms with Crippen molar-refractivity contribution in [2.75, 3.05) is 12.4 Å². The number of anilines is 2. The minimum Gasteiger partial charge on any atom is -0.403 e. The maximum absolute atomic E-state index is 12.8. The summed E-state index contributed by atoms with van der Waals surface area (Å²) in [7, 11) is 1.58. The Hall–Kier alpha value is -2.18. The number of alkyl halides is 3. The summed E-state index contributed by atoms with van der Waals surface area (Å²) in [6, 6.07) is 10.5. The molecule has 2 aromatic carbocycles. The first-order chi connectivity index (χ1) is 11.8. The summed E-state index contributed by atoms with van der Waals surface area (Å²) in [5.74, 6) is 0. The van der Waals surface area contributed by atoms with Crippen LogP contribution in [-0.2, 0) is 6.18 Å². The number of hydrogen-bond donors (Lipinski definition) is 2. The number of aliphatic imine (C=N–C) groups is 1. The molecule has 0 aliphatic carbocycles. The summed E-state index contributed by atoms with van der Waals surface area (Å²) in [6.07, 6.45) is -3.26. The molecule has 132 valence electrons. The Morgan fingerprint density at radius 3 is 2.40 bits per heavy atom. The number of allylic oxidation sites excluding steroid dienone is 1. The molecule has 0 bridgehead atoms. The molecule has 2 aromatic rings. The van der Waals surface area contributed by atoms with Gasteiger partial charge in [0, 0.05) is 30.2 Å². The van der Waals surface area contributed by atoms with Gasteiger partial charge in [0.25, 0.3) is 0 Å². The number of benzene rings is 2. The van der Waals surface area contributed by atoms with Gasteiger partial charge in [0.2, 0.25) is 0 Å². The second kappa shape index (κ2) is 7.80. The number of hydrogen-bond acceptors (Lipinski definition) is 3. The van der Waals surface area contributed by atoms with Crippen molar-refractivity contribution in [1.29, 1.82) is 0 Å². The first-order valence-corrected chi connectivity index (χ1v) is 7.80. The Morgan fingerprint density at radius 2 is 1.84 bits per heavy atom. The summed E-state index contributed by atoms with van der Waals surface area (Å²) >= 11 is 11.7. The van der Waals surface area contributed by atoms with E-state index in [2.05, 4.69) is 10.3 Å². The molecule has 2 rings (SSSR count). The van der Waals surface area contributed by atoms with Crippen LogP contribution in [0.4, 0.5) is 24.5 Å². The van der Waals surface area contributed by atoms with Crippen molar-refractivity contribution >= 4 is 40.3 Å². The lowest BCUT2D eigenvalue weighted by atomic mass is 10.1. The lowest BCUT2D eigenvalue weighted by Crippen LogP contribution is -2.06. The molecular weight excluding hydrogens is 374 g/mol. The molecule has 0 aromatic heterocycles. The van der Waals surface area contributed by atoms with E-state index in [-0.39, 0.29) is 10.1 Å². The van der Waals surface area contributed by atoms with Crippen LogP contribution in [0.5, 0.6) is 0 Å². The lowest BCUT2D eigenvalue weighted by molar-refractivity contribution is -0.137. The molecule has 0 saturated carbocycles. The van der Waals surface area contributed by atoms with Gasteiger partial charge in [-0.2, -0.15) is 13.2 Å². The van der Waals surface area contributed by atoms with Crippen LogP contribution in [0.25, 0.3) is 0 Å². The molecule has 3 nitrogen and oxygen atoms in total. The van der Waals surface area contributed by atoms with Crippen LogP contribution in [0.2, 0.25) is 5.02 Å². The van der Waals surface area contributed by atoms with Crippen molar-refractivity contribution < 1.29 is 13.2 Å². The van der Waals surface area contributed by atoms with Gasteiger partial charge in [-0.1, -0.05) is 35.3 Å². The van der Waals surface area contributed by atoms with Gasteiger partial charge in [0.05, 0.1) is 21.3 Å². The molecule has 8 heteroatoms. The molecule has 0 heterocycles. The van der Waals surface area contributed by atoms with E-state index < -0.39 is 11.7 Å². The SMILES string of the molecule is CN=C(C(Cl)=CN)c1cccc(Nc2ccc(C(F)(F)F)c(Cl)c2)c1. The number of nitrogens with one attached hydrogen (secondary N) is 1. The van der Waals surface area contributed by atoms with Crippen LogP contribution < -0.4 is 11.1 Å². The molecule has 0 spiro atoms. The highest BCUT2D eigenvalue weighted by atomic mass is 35.5. The van der Waals surface area contributed by atoms with Crippen molar-refractivity contribution in [3.8, 4) is 0 Å². The molecule has 0 saturated heterocycles. The summed E-state index contributed by atoms with van der Waals surface area (Å²) in [6.45, 7) is 0. The smallest absolute Gasteiger partial charge is 0.403 e. The first-order valence-electron chi connectivity index (χ1n) is 7.05. The molecule has 0 atom stereocenters. The van der Waals surface area contributed by atoms with Gasteiger partial charge in [-0.3, -0.25) is 4.99 Å². The Kier molecular flexibility index (Phi) is 5.98. The van der Waals surface area contributed by atoms with E-state index in [1.165, 1.54) is 18.3 Å². The van der Waals surface area contributed by atoms with Crippen LogP contribution in [0.1, 0.15) is 11.1 Å². The minimum atomic E-state index is -4.49. The molecule has 0 aliphatic heterocycles. The van der Waals surface area contributed by atoms with E-state index >= 15 is 0 Å². The first kappa shape index (κ1) is 19.1. The zero-order valence-corrected chi connectivity index (χ0v) is 14.5. The van der Waals surface area contributed by atoms with E-state index in [1.807, 2.05) is 0 Å². The molecule has 0 radical (unpaired) electrons. The standard InChI is InChI=1S/C17H14Cl2F3N3/c1-24-16(15(19)9-23)10-3-2-4-11(7-10)25-12-5-6-13(14(18)8-12)17(20,21)22/h2-9,25H,23H2,1H3. The van der Waals surface area contributed by atoms with Gasteiger partial charge in [0.15, 0.2) is 0 Å². The number of halogens is 5. The van der Waals surface area contributed by atoms with Crippen LogP contribution in [-0.4, -0.2) is 12.8 Å².